The number of carboxylic acid groups (broad SMARTS) is 5. The molecule has 204 valence electrons. The van der Waals surface area contributed by atoms with Gasteiger partial charge < -0.3 is 41.5 Å². The van der Waals surface area contributed by atoms with Crippen LogP contribution >= 0.6 is 0 Å². The Bertz CT molecular complexity index is 581. The van der Waals surface area contributed by atoms with E-state index in [1.54, 1.807) is 0 Å². The zero-order chi connectivity index (χ0) is 28.8. The van der Waals surface area contributed by atoms with E-state index in [0.29, 0.717) is 6.54 Å². The molecule has 0 bridgehead atoms. The Balaban J connectivity index is -0.000000123. The van der Waals surface area contributed by atoms with Gasteiger partial charge in [0.2, 0.25) is 0 Å². The van der Waals surface area contributed by atoms with Crippen LogP contribution < -0.4 is 11.1 Å². The third kappa shape index (κ3) is 118. The Morgan fingerprint density at radius 1 is 0.714 bits per heavy atom. The normalized spacial score (nSPS) is 8.23. The van der Waals surface area contributed by atoms with Crippen LogP contribution in [-0.4, -0.2) is 93.5 Å². The van der Waals surface area contributed by atoms with Crippen LogP contribution in [0.3, 0.4) is 0 Å². The van der Waals surface area contributed by atoms with Gasteiger partial charge in [0, 0.05) is 67.3 Å². The number of nitrogens with two attached hydrogens (primary N) is 1. The molecule has 0 radical (unpaired) electrons. The van der Waals surface area contributed by atoms with Crippen molar-refractivity contribution in [2.45, 2.75) is 41.2 Å². The zero-order valence-electron chi connectivity index (χ0n) is 21.2. The van der Waals surface area contributed by atoms with Gasteiger partial charge in [-0.1, -0.05) is 30.3 Å². The number of hydrogen-bond acceptors (Lipinski definition) is 8. The van der Waals surface area contributed by atoms with Gasteiger partial charge in [0.15, 0.2) is 0 Å². The number of carbonyl (C=O) groups is 5. The average Bonchev–Trinajstić information content (AvgIpc) is 2.64. The summed E-state index contributed by atoms with van der Waals surface area (Å²) in [4.78, 5) is 47.3. The third-order valence-electron chi connectivity index (χ3n) is 2.29. The number of rotatable bonds is 7. The predicted molar refractivity (Wildman–Crippen MR) is 131 cm³/mol. The number of hydrogen-bond donors (Lipinski definition) is 7. The Kier molecular flexibility index (Phi) is 38.9. The molecule has 0 saturated heterocycles. The number of nitrogens with one attached hydrogen (secondary N) is 1. The van der Waals surface area contributed by atoms with Gasteiger partial charge >= 0.3 is 0 Å². The molecule has 13 heteroatoms. The largest absolute Gasteiger partial charge is 0.481 e. The number of benzene rings is 1. The van der Waals surface area contributed by atoms with Crippen molar-refractivity contribution in [3.05, 3.63) is 35.9 Å². The second-order valence-electron chi connectivity index (χ2n) is 6.36. The van der Waals surface area contributed by atoms with E-state index in [1.807, 2.05) is 6.07 Å². The lowest BCUT2D eigenvalue weighted by Gasteiger charge is -2.16. The molecule has 0 aliphatic heterocycles. The molecule has 1 aromatic rings. The zero-order valence-corrected chi connectivity index (χ0v) is 21.2. The van der Waals surface area contributed by atoms with E-state index in [9.17, 15) is 0 Å². The lowest BCUT2D eigenvalue weighted by atomic mass is 10.2. The molecule has 1 rings (SSSR count). The Morgan fingerprint density at radius 2 is 1.03 bits per heavy atom. The predicted octanol–water partition coefficient (Wildman–Crippen LogP) is 1.12. The van der Waals surface area contributed by atoms with Crippen molar-refractivity contribution in [2.24, 2.45) is 5.73 Å². The fourth-order valence-electron chi connectivity index (χ4n) is 1.47. The summed E-state index contributed by atoms with van der Waals surface area (Å²) in [6, 6.07) is 10.5. The molecule has 0 aromatic heterocycles. The summed E-state index contributed by atoms with van der Waals surface area (Å²) in [5, 5.41) is 40.4. The molecule has 0 aliphatic carbocycles. The number of carboxylic acids is 5. The smallest absolute Gasteiger partial charge is 0.300 e. The number of likely N-dealkylation sites (N-methyl/N-ethyl adjacent to an activating group) is 1. The van der Waals surface area contributed by atoms with E-state index in [2.05, 4.69) is 41.5 Å². The highest BCUT2D eigenvalue weighted by molar-refractivity contribution is 5.63. The van der Waals surface area contributed by atoms with Crippen molar-refractivity contribution in [2.75, 3.05) is 33.2 Å². The van der Waals surface area contributed by atoms with E-state index in [-0.39, 0.29) is 0 Å². The second kappa shape index (κ2) is 32.6. The number of nitrogens with zero attached hydrogens (tertiary/aromatic N) is 1. The summed E-state index contributed by atoms with van der Waals surface area (Å²) in [5.74, 6) is -4.17. The summed E-state index contributed by atoms with van der Waals surface area (Å²) in [6.07, 6.45) is 0. The van der Waals surface area contributed by atoms with Gasteiger partial charge in [0.05, 0.1) is 0 Å². The minimum absolute atomic E-state index is 0.711. The van der Waals surface area contributed by atoms with Gasteiger partial charge in [-0.2, -0.15) is 0 Å². The van der Waals surface area contributed by atoms with Crippen LogP contribution in [-0.2, 0) is 30.5 Å². The van der Waals surface area contributed by atoms with Crippen LogP contribution in [0.4, 0.5) is 0 Å². The fraction of sp³-hybridized carbons (Fsp3) is 0.500. The maximum Gasteiger partial charge on any atom is 0.300 e. The molecule has 0 atom stereocenters. The first kappa shape index (κ1) is 41.7. The summed E-state index contributed by atoms with van der Waals surface area (Å²) in [6.45, 7) is 10.1. The van der Waals surface area contributed by atoms with E-state index >= 15 is 0 Å². The highest BCUT2D eigenvalue weighted by Crippen LogP contribution is 2.01. The molecule has 1 aromatic carbocycles. The molecular weight excluding hydrogens is 466 g/mol. The molecule has 0 aliphatic rings. The Labute approximate surface area is 206 Å². The van der Waals surface area contributed by atoms with Gasteiger partial charge in [0.1, 0.15) is 0 Å². The minimum Gasteiger partial charge on any atom is -0.481 e. The topological polar surface area (TPSA) is 228 Å². The summed E-state index contributed by atoms with van der Waals surface area (Å²) in [7, 11) is 2.14. The summed E-state index contributed by atoms with van der Waals surface area (Å²) < 4.78 is 0. The molecule has 0 heterocycles. The third-order valence-corrected chi connectivity index (χ3v) is 2.29. The van der Waals surface area contributed by atoms with Crippen LogP contribution in [0.1, 0.15) is 40.2 Å². The summed E-state index contributed by atoms with van der Waals surface area (Å²) >= 11 is 0. The first-order valence-corrected chi connectivity index (χ1v) is 10.1. The average molecular weight is 508 g/mol. The number of aliphatic carboxylic acids is 5. The van der Waals surface area contributed by atoms with Crippen molar-refractivity contribution in [3.8, 4) is 0 Å². The van der Waals surface area contributed by atoms with Crippen LogP contribution in [0.5, 0.6) is 0 Å². The molecule has 35 heavy (non-hydrogen) atoms. The van der Waals surface area contributed by atoms with E-state index in [1.165, 1.54) is 5.56 Å². The fourth-order valence-corrected chi connectivity index (χ4v) is 1.47. The molecule has 0 amide bonds. The second-order valence-corrected chi connectivity index (χ2v) is 6.36. The monoisotopic (exact) mass is 507 g/mol. The maximum atomic E-state index is 9.00. The Morgan fingerprint density at radius 3 is 1.31 bits per heavy atom. The van der Waals surface area contributed by atoms with Crippen molar-refractivity contribution >= 4 is 29.8 Å². The SMILES string of the molecule is CC(=O)O.CC(=O)O.CC(=O)O.CC(=O)O.CC(=O)O.CN(CCNCCN)Cc1ccccc1. The molecule has 13 nitrogen and oxygen atoms in total. The molecule has 0 unspecified atom stereocenters. The van der Waals surface area contributed by atoms with Crippen LogP contribution in [0.25, 0.3) is 0 Å². The first-order valence-electron chi connectivity index (χ1n) is 10.1. The van der Waals surface area contributed by atoms with Crippen molar-refractivity contribution in [1.82, 2.24) is 10.2 Å². The Hall–Kier alpha value is -3.55. The molecule has 8 N–H and O–H groups in total. The highest BCUT2D eigenvalue weighted by atomic mass is 16.4. The van der Waals surface area contributed by atoms with E-state index in [4.69, 9.17) is 55.2 Å². The van der Waals surface area contributed by atoms with Gasteiger partial charge in [-0.05, 0) is 12.6 Å². The van der Waals surface area contributed by atoms with Gasteiger partial charge in [0.25, 0.3) is 29.8 Å². The van der Waals surface area contributed by atoms with Crippen LogP contribution in [0.2, 0.25) is 0 Å². The van der Waals surface area contributed by atoms with Crippen LogP contribution in [0.15, 0.2) is 30.3 Å². The lowest BCUT2D eigenvalue weighted by molar-refractivity contribution is -0.135. The van der Waals surface area contributed by atoms with Gasteiger partial charge in [-0.25, -0.2) is 0 Å². The molecular formula is C22H41N3O10. The van der Waals surface area contributed by atoms with Crippen LogP contribution in [0, 0.1) is 0 Å². The standard InChI is InChI=1S/C12H21N3.5C2H4O2/c1-15(10-9-14-8-7-13)11-12-5-3-2-4-6-12;5*1-2(3)4/h2-6,14H,7-11,13H2,1H3;5*1H3,(H,3,4). The first-order chi connectivity index (χ1) is 16.0. The maximum absolute atomic E-state index is 9.00. The molecule has 0 spiro atoms. The van der Waals surface area contributed by atoms with E-state index in [0.717, 1.165) is 60.8 Å². The highest BCUT2D eigenvalue weighted by Gasteiger charge is 1.98. The van der Waals surface area contributed by atoms with Crippen molar-refractivity contribution in [3.63, 3.8) is 0 Å². The molecule has 0 saturated carbocycles. The van der Waals surface area contributed by atoms with E-state index < -0.39 is 29.8 Å². The van der Waals surface area contributed by atoms with Gasteiger partial charge in [-0.15, -0.1) is 0 Å². The van der Waals surface area contributed by atoms with Crippen molar-refractivity contribution in [1.29, 1.82) is 0 Å². The minimum atomic E-state index is -0.833. The van der Waals surface area contributed by atoms with Gasteiger partial charge in [-0.3, -0.25) is 24.0 Å². The lowest BCUT2D eigenvalue weighted by Crippen LogP contribution is -2.31. The quantitative estimate of drug-likeness (QED) is 0.257. The summed E-state index contributed by atoms with van der Waals surface area (Å²) in [5.41, 5.74) is 6.75. The van der Waals surface area contributed by atoms with Crippen molar-refractivity contribution < 1.29 is 49.5 Å². The molecule has 0 fully saturated rings.